The highest BCUT2D eigenvalue weighted by Crippen LogP contribution is 2.43. The van der Waals surface area contributed by atoms with Gasteiger partial charge in [0, 0.05) is 29.8 Å². The zero-order valence-corrected chi connectivity index (χ0v) is 21.5. The minimum atomic E-state index is -0.238. The van der Waals surface area contributed by atoms with E-state index in [4.69, 9.17) is 10.6 Å². The van der Waals surface area contributed by atoms with E-state index in [1.54, 1.807) is 12.1 Å². The molecule has 5 nitrogen and oxygen atoms in total. The molecule has 0 aliphatic heterocycles. The van der Waals surface area contributed by atoms with E-state index in [9.17, 15) is 4.39 Å². The van der Waals surface area contributed by atoms with E-state index < -0.39 is 0 Å². The van der Waals surface area contributed by atoms with Gasteiger partial charge < -0.3 is 20.8 Å². The summed E-state index contributed by atoms with van der Waals surface area (Å²) >= 11 is 0. The second-order valence-corrected chi connectivity index (χ2v) is 10.2. The monoisotopic (exact) mass is 488 g/mol. The summed E-state index contributed by atoms with van der Waals surface area (Å²) in [4.78, 5) is 7.82. The maximum absolute atomic E-state index is 13.3. The van der Waals surface area contributed by atoms with Gasteiger partial charge in [-0.1, -0.05) is 51.3 Å². The Bertz CT molecular complexity index is 1170. The molecule has 2 aromatic rings. The molecule has 0 saturated heterocycles. The van der Waals surface area contributed by atoms with Crippen LogP contribution in [0.5, 0.6) is 0 Å². The van der Waals surface area contributed by atoms with Crippen molar-refractivity contribution in [1.29, 1.82) is 0 Å². The first-order valence-electron chi connectivity index (χ1n) is 12.5. The van der Waals surface area contributed by atoms with E-state index in [1.807, 2.05) is 25.3 Å². The highest BCUT2D eigenvalue weighted by atomic mass is 19.1. The highest BCUT2D eigenvalue weighted by molar-refractivity contribution is 5.73. The molecule has 1 fully saturated rings. The molecule has 0 spiro atoms. The molecule has 0 atom stereocenters. The average Bonchev–Trinajstić information content (AvgIpc) is 3.66. The Morgan fingerprint density at radius 3 is 2.36 bits per heavy atom. The third-order valence-electron chi connectivity index (χ3n) is 6.82. The van der Waals surface area contributed by atoms with Crippen LogP contribution in [0, 0.1) is 11.7 Å². The Morgan fingerprint density at radius 2 is 1.75 bits per heavy atom. The summed E-state index contributed by atoms with van der Waals surface area (Å²) in [6, 6.07) is 14.8. The predicted molar refractivity (Wildman–Crippen MR) is 147 cm³/mol. The van der Waals surface area contributed by atoms with Gasteiger partial charge in [-0.05, 0) is 78.6 Å². The van der Waals surface area contributed by atoms with Crippen LogP contribution >= 0.6 is 0 Å². The number of halogens is 1. The fourth-order valence-electron chi connectivity index (χ4n) is 4.27. The normalized spacial score (nSPS) is 16.5. The Balaban J connectivity index is 1.40. The van der Waals surface area contributed by atoms with Crippen molar-refractivity contribution >= 4 is 17.0 Å². The van der Waals surface area contributed by atoms with E-state index in [0.29, 0.717) is 12.5 Å². The summed E-state index contributed by atoms with van der Waals surface area (Å²) in [5, 5.41) is 3.39. The van der Waals surface area contributed by atoms with Crippen molar-refractivity contribution in [2.24, 2.45) is 11.7 Å². The quantitative estimate of drug-likeness (QED) is 0.334. The Kier molecular flexibility index (Phi) is 7.67. The lowest BCUT2D eigenvalue weighted by Crippen LogP contribution is -2.39. The van der Waals surface area contributed by atoms with Gasteiger partial charge in [0.05, 0.1) is 17.8 Å². The molecule has 2 aliphatic rings. The van der Waals surface area contributed by atoms with E-state index in [0.717, 1.165) is 70.9 Å². The largest absolute Gasteiger partial charge is 0.400 e. The number of allylic oxidation sites excluding steroid dienone is 3. The van der Waals surface area contributed by atoms with Crippen molar-refractivity contribution in [2.75, 3.05) is 18.6 Å². The third-order valence-corrected chi connectivity index (χ3v) is 6.82. The number of nitrogens with two attached hydrogens (primary N) is 1. The van der Waals surface area contributed by atoms with Gasteiger partial charge in [0.15, 0.2) is 0 Å². The maximum atomic E-state index is 13.3. The molecule has 0 radical (unpaired) electrons. The maximum Gasteiger partial charge on any atom is 0.123 e. The first-order valence-corrected chi connectivity index (χ1v) is 12.5. The van der Waals surface area contributed by atoms with Crippen LogP contribution in [0.3, 0.4) is 0 Å². The van der Waals surface area contributed by atoms with Crippen LogP contribution in [-0.4, -0.2) is 19.2 Å². The van der Waals surface area contributed by atoms with Crippen LogP contribution in [0.1, 0.15) is 50.7 Å². The summed E-state index contributed by atoms with van der Waals surface area (Å²) in [5.41, 5.74) is 16.9. The number of benzene rings is 2. The van der Waals surface area contributed by atoms with E-state index in [1.165, 1.54) is 12.1 Å². The fraction of sp³-hybridized carbons (Fsp3) is 0.333. The third kappa shape index (κ3) is 5.89. The Morgan fingerprint density at radius 1 is 1.08 bits per heavy atom. The first-order chi connectivity index (χ1) is 17.2. The van der Waals surface area contributed by atoms with Crippen molar-refractivity contribution in [3.8, 4) is 0 Å². The second-order valence-electron chi connectivity index (χ2n) is 10.2. The molecule has 0 aromatic heterocycles. The molecule has 6 heteroatoms. The standard InChI is InChI=1S/C30H37FN4O/c1-20(2)19-36-34-30(16-17-30)22(4)35(5)27-13-8-23(9-14-27)21(3)33-29-18-25(10-15-28(29)32)24-6-11-26(31)12-7-24/h6-9,11-14,18,20,33-34H,3-4,10,15-17,19,32H2,1-2,5H3. The highest BCUT2D eigenvalue weighted by Gasteiger charge is 2.47. The lowest BCUT2D eigenvalue weighted by Gasteiger charge is -2.29. The molecule has 36 heavy (non-hydrogen) atoms. The average molecular weight is 489 g/mol. The van der Waals surface area contributed by atoms with Crippen LogP contribution in [0.25, 0.3) is 11.3 Å². The van der Waals surface area contributed by atoms with Gasteiger partial charge in [-0.15, -0.1) is 0 Å². The van der Waals surface area contributed by atoms with Crippen LogP contribution in [0.4, 0.5) is 10.1 Å². The van der Waals surface area contributed by atoms with E-state index in [-0.39, 0.29) is 11.4 Å². The molecule has 0 amide bonds. The number of anilines is 1. The van der Waals surface area contributed by atoms with Crippen molar-refractivity contribution in [3.05, 3.63) is 102 Å². The number of hydrogen-bond acceptors (Lipinski definition) is 5. The molecule has 190 valence electrons. The Hall–Kier alpha value is -3.35. The molecular weight excluding hydrogens is 451 g/mol. The number of nitrogens with zero attached hydrogens (tertiary/aromatic N) is 1. The van der Waals surface area contributed by atoms with Gasteiger partial charge in [0.2, 0.25) is 0 Å². The smallest absolute Gasteiger partial charge is 0.123 e. The summed E-state index contributed by atoms with van der Waals surface area (Å²) in [7, 11) is 2.03. The molecule has 4 N–H and O–H groups in total. The molecule has 0 heterocycles. The van der Waals surface area contributed by atoms with Crippen molar-refractivity contribution in [1.82, 2.24) is 10.8 Å². The van der Waals surface area contributed by atoms with Crippen LogP contribution in [0.2, 0.25) is 0 Å². The summed E-state index contributed by atoms with van der Waals surface area (Å²) in [5.74, 6) is 0.232. The molecule has 1 saturated carbocycles. The van der Waals surface area contributed by atoms with E-state index >= 15 is 0 Å². The van der Waals surface area contributed by atoms with E-state index in [2.05, 4.69) is 54.8 Å². The number of likely N-dealkylation sites (N-methyl/N-ethyl adjacent to an activating group) is 1. The molecule has 2 aliphatic carbocycles. The van der Waals surface area contributed by atoms with Gasteiger partial charge in [-0.25, -0.2) is 4.39 Å². The van der Waals surface area contributed by atoms with Gasteiger partial charge in [0.25, 0.3) is 0 Å². The Labute approximate surface area is 214 Å². The van der Waals surface area contributed by atoms with Gasteiger partial charge in [-0.3, -0.25) is 0 Å². The molecule has 0 unspecified atom stereocenters. The van der Waals surface area contributed by atoms with Crippen molar-refractivity contribution in [2.45, 2.75) is 45.1 Å². The van der Waals surface area contributed by atoms with Crippen LogP contribution in [-0.2, 0) is 4.84 Å². The summed E-state index contributed by atoms with van der Waals surface area (Å²) < 4.78 is 13.3. The molecule has 2 aromatic carbocycles. The van der Waals surface area contributed by atoms with Crippen molar-refractivity contribution in [3.63, 3.8) is 0 Å². The molecular formula is C30H37FN4O. The summed E-state index contributed by atoms with van der Waals surface area (Å²) in [6.45, 7) is 13.5. The van der Waals surface area contributed by atoms with Gasteiger partial charge >= 0.3 is 0 Å². The zero-order chi connectivity index (χ0) is 25.9. The van der Waals surface area contributed by atoms with Crippen LogP contribution in [0.15, 0.2) is 84.9 Å². The summed E-state index contributed by atoms with van der Waals surface area (Å²) in [6.07, 6.45) is 5.61. The first kappa shape index (κ1) is 25.7. The van der Waals surface area contributed by atoms with Crippen molar-refractivity contribution < 1.29 is 9.23 Å². The topological polar surface area (TPSA) is 62.5 Å². The lowest BCUT2D eigenvalue weighted by molar-refractivity contribution is 0.00159. The number of hydrogen-bond donors (Lipinski definition) is 3. The minimum absolute atomic E-state index is 0.187. The molecule has 4 rings (SSSR count). The number of nitrogens with one attached hydrogen (secondary N) is 2. The second kappa shape index (κ2) is 10.7. The zero-order valence-electron chi connectivity index (χ0n) is 21.5. The fourth-order valence-corrected chi connectivity index (χ4v) is 4.27. The van der Waals surface area contributed by atoms with Gasteiger partial charge in [0.1, 0.15) is 5.82 Å². The lowest BCUT2D eigenvalue weighted by atomic mass is 9.94. The van der Waals surface area contributed by atoms with Gasteiger partial charge in [-0.2, -0.15) is 5.48 Å². The predicted octanol–water partition coefficient (Wildman–Crippen LogP) is 6.09. The van der Waals surface area contributed by atoms with Crippen LogP contribution < -0.4 is 21.4 Å². The number of hydroxylamine groups is 1. The minimum Gasteiger partial charge on any atom is -0.400 e. The molecule has 0 bridgehead atoms. The SMILES string of the molecule is C=C(NC1=C(N)CCC(c2ccc(F)cc2)=C1)c1ccc(N(C)C(=C)C2(NOCC(C)C)CC2)cc1. The number of rotatable bonds is 11.